The zero-order valence-corrected chi connectivity index (χ0v) is 9.80. The second kappa shape index (κ2) is 3.95. The SMILES string of the molecule is Cc1c(C(=O)C(C)C)oc2ccc(F)c(F)c12. The van der Waals surface area contributed by atoms with Crippen molar-refractivity contribution < 1.29 is 18.0 Å². The third-order valence-electron chi connectivity index (χ3n) is 2.73. The summed E-state index contributed by atoms with van der Waals surface area (Å²) in [4.78, 5) is 11.8. The summed E-state index contributed by atoms with van der Waals surface area (Å²) in [6.07, 6.45) is 0. The molecule has 2 nitrogen and oxygen atoms in total. The Morgan fingerprint density at radius 1 is 1.29 bits per heavy atom. The molecular formula is C13H12F2O2. The summed E-state index contributed by atoms with van der Waals surface area (Å²) in [5, 5.41) is 0.0500. The van der Waals surface area contributed by atoms with Crippen molar-refractivity contribution in [2.75, 3.05) is 0 Å². The Labute approximate surface area is 97.2 Å². The number of hydrogen-bond acceptors (Lipinski definition) is 2. The molecule has 17 heavy (non-hydrogen) atoms. The van der Waals surface area contributed by atoms with Crippen LogP contribution in [0.4, 0.5) is 8.78 Å². The molecule has 0 saturated carbocycles. The summed E-state index contributed by atoms with van der Waals surface area (Å²) in [7, 11) is 0. The average molecular weight is 238 g/mol. The number of hydrogen-bond donors (Lipinski definition) is 0. The summed E-state index contributed by atoms with van der Waals surface area (Å²) in [5.41, 5.74) is 0.557. The number of furan rings is 1. The lowest BCUT2D eigenvalue weighted by Gasteiger charge is -2.00. The number of aryl methyl sites for hydroxylation is 1. The molecule has 0 fully saturated rings. The van der Waals surface area contributed by atoms with Gasteiger partial charge in [0.1, 0.15) is 5.58 Å². The van der Waals surface area contributed by atoms with Gasteiger partial charge in [-0.1, -0.05) is 13.8 Å². The van der Waals surface area contributed by atoms with Crippen LogP contribution in [0.25, 0.3) is 11.0 Å². The van der Waals surface area contributed by atoms with Gasteiger partial charge in [0.25, 0.3) is 0 Å². The lowest BCUT2D eigenvalue weighted by Crippen LogP contribution is -2.07. The van der Waals surface area contributed by atoms with Crippen molar-refractivity contribution in [1.29, 1.82) is 0 Å². The number of benzene rings is 1. The Bertz CT molecular complexity index is 597. The Morgan fingerprint density at radius 3 is 2.53 bits per heavy atom. The normalized spacial score (nSPS) is 11.4. The summed E-state index contributed by atoms with van der Waals surface area (Å²) in [5.74, 6) is -2.25. The van der Waals surface area contributed by atoms with Gasteiger partial charge >= 0.3 is 0 Å². The fourth-order valence-electron chi connectivity index (χ4n) is 1.76. The van der Waals surface area contributed by atoms with Crippen molar-refractivity contribution in [1.82, 2.24) is 0 Å². The molecule has 0 bridgehead atoms. The van der Waals surface area contributed by atoms with E-state index in [4.69, 9.17) is 4.42 Å². The van der Waals surface area contributed by atoms with E-state index >= 15 is 0 Å². The highest BCUT2D eigenvalue weighted by atomic mass is 19.2. The van der Waals surface area contributed by atoms with E-state index in [1.54, 1.807) is 20.8 Å². The molecule has 1 aromatic heterocycles. The monoisotopic (exact) mass is 238 g/mol. The van der Waals surface area contributed by atoms with Gasteiger partial charge < -0.3 is 4.42 Å². The molecule has 2 rings (SSSR count). The molecule has 2 aromatic rings. The second-order valence-corrected chi connectivity index (χ2v) is 4.31. The van der Waals surface area contributed by atoms with Crippen molar-refractivity contribution in [3.05, 3.63) is 35.1 Å². The van der Waals surface area contributed by atoms with Crippen molar-refractivity contribution in [2.24, 2.45) is 5.92 Å². The molecule has 1 aromatic carbocycles. The van der Waals surface area contributed by atoms with Crippen LogP contribution in [0.2, 0.25) is 0 Å². The molecule has 0 saturated heterocycles. The Morgan fingerprint density at radius 2 is 1.94 bits per heavy atom. The topological polar surface area (TPSA) is 30.2 Å². The largest absolute Gasteiger partial charge is 0.453 e. The smallest absolute Gasteiger partial charge is 0.200 e. The highest BCUT2D eigenvalue weighted by molar-refractivity contribution is 6.01. The van der Waals surface area contributed by atoms with Crippen LogP contribution in [0, 0.1) is 24.5 Å². The fraction of sp³-hybridized carbons (Fsp3) is 0.308. The molecule has 90 valence electrons. The van der Waals surface area contributed by atoms with Crippen LogP contribution in [0.5, 0.6) is 0 Å². The van der Waals surface area contributed by atoms with Gasteiger partial charge in [-0.25, -0.2) is 8.78 Å². The first-order valence-corrected chi connectivity index (χ1v) is 5.34. The first-order chi connectivity index (χ1) is 7.93. The standard InChI is InChI=1S/C13H12F2O2/c1-6(2)12(16)13-7(3)10-9(17-13)5-4-8(14)11(10)15/h4-6H,1-3H3. The van der Waals surface area contributed by atoms with E-state index in [2.05, 4.69) is 0 Å². The zero-order valence-electron chi connectivity index (χ0n) is 9.80. The third-order valence-corrected chi connectivity index (χ3v) is 2.73. The molecular weight excluding hydrogens is 226 g/mol. The minimum Gasteiger partial charge on any atom is -0.453 e. The van der Waals surface area contributed by atoms with Crippen LogP contribution in [0.1, 0.15) is 30.0 Å². The van der Waals surface area contributed by atoms with E-state index in [0.717, 1.165) is 6.07 Å². The van der Waals surface area contributed by atoms with Gasteiger partial charge in [0.2, 0.25) is 5.78 Å². The van der Waals surface area contributed by atoms with Crippen LogP contribution in [0.15, 0.2) is 16.5 Å². The highest BCUT2D eigenvalue weighted by Crippen LogP contribution is 2.30. The molecule has 1 heterocycles. The molecule has 0 N–H and O–H groups in total. The summed E-state index contributed by atoms with van der Waals surface area (Å²) >= 11 is 0. The maximum Gasteiger partial charge on any atom is 0.200 e. The molecule has 0 aliphatic carbocycles. The maximum atomic E-state index is 13.6. The van der Waals surface area contributed by atoms with E-state index in [1.165, 1.54) is 6.07 Å². The van der Waals surface area contributed by atoms with Crippen molar-refractivity contribution in [3.8, 4) is 0 Å². The van der Waals surface area contributed by atoms with Gasteiger partial charge in [-0.2, -0.15) is 0 Å². The lowest BCUT2D eigenvalue weighted by molar-refractivity contribution is 0.0912. The van der Waals surface area contributed by atoms with Gasteiger partial charge in [0.15, 0.2) is 17.4 Å². The van der Waals surface area contributed by atoms with Crippen molar-refractivity contribution in [3.63, 3.8) is 0 Å². The first kappa shape index (κ1) is 11.8. The molecule has 0 unspecified atom stereocenters. The number of rotatable bonds is 2. The molecule has 4 heteroatoms. The van der Waals surface area contributed by atoms with E-state index < -0.39 is 11.6 Å². The van der Waals surface area contributed by atoms with Gasteiger partial charge in [-0.15, -0.1) is 0 Å². The van der Waals surface area contributed by atoms with Gasteiger partial charge in [-0.3, -0.25) is 4.79 Å². The van der Waals surface area contributed by atoms with Crippen LogP contribution < -0.4 is 0 Å². The van der Waals surface area contributed by atoms with Crippen molar-refractivity contribution >= 4 is 16.8 Å². The average Bonchev–Trinajstić information content (AvgIpc) is 2.61. The first-order valence-electron chi connectivity index (χ1n) is 5.34. The summed E-state index contributed by atoms with van der Waals surface area (Å²) < 4.78 is 32.0. The number of Topliss-reactive ketones (excluding diaryl/α,β-unsaturated/α-hetero) is 1. The minimum atomic E-state index is -0.966. The molecule has 0 radical (unpaired) electrons. The molecule has 0 aliphatic heterocycles. The summed E-state index contributed by atoms with van der Waals surface area (Å²) in [6, 6.07) is 2.32. The molecule has 0 spiro atoms. The van der Waals surface area contributed by atoms with Gasteiger partial charge in [0, 0.05) is 11.5 Å². The number of carbonyl (C=O) groups is 1. The molecule has 0 atom stereocenters. The number of ketones is 1. The fourth-order valence-corrected chi connectivity index (χ4v) is 1.76. The minimum absolute atomic E-state index is 0.0500. The van der Waals surface area contributed by atoms with Crippen molar-refractivity contribution in [2.45, 2.75) is 20.8 Å². The quantitative estimate of drug-likeness (QED) is 0.743. The number of fused-ring (bicyclic) bond motifs is 1. The van der Waals surface area contributed by atoms with E-state index in [0.29, 0.717) is 5.56 Å². The Hall–Kier alpha value is -1.71. The predicted molar refractivity (Wildman–Crippen MR) is 60.0 cm³/mol. The van der Waals surface area contributed by atoms with Crippen LogP contribution in [-0.4, -0.2) is 5.78 Å². The third kappa shape index (κ3) is 1.73. The zero-order chi connectivity index (χ0) is 12.7. The summed E-state index contributed by atoms with van der Waals surface area (Å²) in [6.45, 7) is 5.02. The maximum absolute atomic E-state index is 13.6. The van der Waals surface area contributed by atoms with E-state index in [9.17, 15) is 13.6 Å². The molecule has 0 amide bonds. The Balaban J connectivity index is 2.74. The highest BCUT2D eigenvalue weighted by Gasteiger charge is 2.23. The predicted octanol–water partition coefficient (Wildman–Crippen LogP) is 3.86. The van der Waals surface area contributed by atoms with Crippen LogP contribution in [0.3, 0.4) is 0 Å². The number of carbonyl (C=O) groups excluding carboxylic acids is 1. The van der Waals surface area contributed by atoms with Crippen LogP contribution >= 0.6 is 0 Å². The van der Waals surface area contributed by atoms with E-state index in [1.807, 2.05) is 0 Å². The van der Waals surface area contributed by atoms with Gasteiger partial charge in [-0.05, 0) is 19.1 Å². The van der Waals surface area contributed by atoms with Gasteiger partial charge in [0.05, 0.1) is 5.39 Å². The Kier molecular flexibility index (Phi) is 2.73. The molecule has 0 aliphatic rings. The van der Waals surface area contributed by atoms with E-state index in [-0.39, 0.29) is 28.4 Å². The second-order valence-electron chi connectivity index (χ2n) is 4.31. The number of halogens is 2. The lowest BCUT2D eigenvalue weighted by atomic mass is 10.0. The van der Waals surface area contributed by atoms with Crippen LogP contribution in [-0.2, 0) is 0 Å².